The average molecular weight is 237 g/mol. The molecule has 1 N–H and O–H groups in total. The largest absolute Gasteiger partial charge is 0.316 e. The minimum absolute atomic E-state index is 0.393. The molecule has 98 valence electrons. The Balaban J connectivity index is 3.99. The van der Waals surface area contributed by atoms with Crippen molar-refractivity contribution < 1.29 is 0 Å². The van der Waals surface area contributed by atoms with Crippen LogP contribution >= 0.6 is 0 Å². The second kappa shape index (κ2) is 10.2. The molecule has 0 aliphatic heterocycles. The Morgan fingerprint density at radius 2 is 2.12 bits per heavy atom. The Morgan fingerprint density at radius 3 is 2.65 bits per heavy atom. The molecule has 0 heterocycles. The zero-order valence-electron chi connectivity index (χ0n) is 11.9. The lowest BCUT2D eigenvalue weighted by molar-refractivity contribution is 0.420. The maximum absolute atomic E-state index is 4.41. The molecule has 1 atom stereocenters. The van der Waals surface area contributed by atoms with E-state index in [0.29, 0.717) is 5.92 Å². The van der Waals surface area contributed by atoms with E-state index in [1.165, 1.54) is 5.57 Å². The van der Waals surface area contributed by atoms with Crippen molar-refractivity contribution >= 4 is 6.21 Å². The van der Waals surface area contributed by atoms with Crippen LogP contribution in [0.5, 0.6) is 0 Å². The molecular formula is C14H27N3. The Hall–Kier alpha value is -0.930. The number of aliphatic imine (C=N–C) groups is 1. The molecule has 0 fully saturated rings. The van der Waals surface area contributed by atoms with Gasteiger partial charge in [-0.15, -0.1) is 0 Å². The summed E-state index contributed by atoms with van der Waals surface area (Å²) in [6, 6.07) is 0. The summed E-state index contributed by atoms with van der Waals surface area (Å²) < 4.78 is 0. The molecule has 0 radical (unpaired) electrons. The van der Waals surface area contributed by atoms with Crippen molar-refractivity contribution in [1.82, 2.24) is 10.2 Å². The van der Waals surface area contributed by atoms with Crippen LogP contribution in [0.3, 0.4) is 0 Å². The Kier molecular flexibility index (Phi) is 9.68. The first kappa shape index (κ1) is 16.1. The van der Waals surface area contributed by atoms with Crippen LogP contribution < -0.4 is 5.32 Å². The van der Waals surface area contributed by atoms with E-state index in [2.05, 4.69) is 61.4 Å². The van der Waals surface area contributed by atoms with Gasteiger partial charge in [-0.05, 0) is 33.6 Å². The summed E-state index contributed by atoms with van der Waals surface area (Å²) >= 11 is 0. The van der Waals surface area contributed by atoms with E-state index in [4.69, 9.17) is 0 Å². The van der Waals surface area contributed by atoms with E-state index in [0.717, 1.165) is 19.6 Å². The van der Waals surface area contributed by atoms with Gasteiger partial charge < -0.3 is 10.2 Å². The van der Waals surface area contributed by atoms with Gasteiger partial charge in [-0.3, -0.25) is 4.99 Å². The number of nitrogens with zero attached hydrogens (tertiary/aromatic N) is 2. The second-order valence-electron chi connectivity index (χ2n) is 4.47. The fourth-order valence-electron chi connectivity index (χ4n) is 1.28. The smallest absolute Gasteiger partial charge is 0.0512 e. The van der Waals surface area contributed by atoms with Crippen LogP contribution in [0.2, 0.25) is 0 Å². The third-order valence-electron chi connectivity index (χ3n) is 2.38. The van der Waals surface area contributed by atoms with Gasteiger partial charge in [0.05, 0.1) is 6.54 Å². The molecule has 0 amide bonds. The standard InChI is InChI=1S/C14H27N3/c1-6-14(12-15-3)8-7-13(2)11-16-9-10-17(4)5/h6-8,11,13,15H,9-10,12H2,1-5H3/b8-7-,14-6+,16-11?. The van der Waals surface area contributed by atoms with Gasteiger partial charge in [0.15, 0.2) is 0 Å². The summed E-state index contributed by atoms with van der Waals surface area (Å²) in [5.74, 6) is 0.393. The van der Waals surface area contributed by atoms with Gasteiger partial charge in [-0.1, -0.05) is 25.2 Å². The summed E-state index contributed by atoms with van der Waals surface area (Å²) in [6.45, 7) is 7.01. The van der Waals surface area contributed by atoms with Gasteiger partial charge in [0.25, 0.3) is 0 Å². The molecule has 0 aromatic rings. The van der Waals surface area contributed by atoms with Gasteiger partial charge in [-0.2, -0.15) is 0 Å². The maximum atomic E-state index is 4.41. The highest BCUT2D eigenvalue weighted by Crippen LogP contribution is 2.00. The molecule has 0 aromatic heterocycles. The van der Waals surface area contributed by atoms with Crippen LogP contribution in [0, 0.1) is 5.92 Å². The van der Waals surface area contributed by atoms with E-state index < -0.39 is 0 Å². The fraction of sp³-hybridized carbons (Fsp3) is 0.643. The molecule has 0 saturated heterocycles. The van der Waals surface area contributed by atoms with Crippen molar-refractivity contribution in [1.29, 1.82) is 0 Å². The van der Waals surface area contributed by atoms with E-state index >= 15 is 0 Å². The monoisotopic (exact) mass is 237 g/mol. The number of allylic oxidation sites excluding steroid dienone is 2. The normalized spacial score (nSPS) is 15.3. The number of hydrogen-bond acceptors (Lipinski definition) is 3. The first-order chi connectivity index (χ1) is 8.10. The molecule has 0 aliphatic carbocycles. The van der Waals surface area contributed by atoms with Gasteiger partial charge in [-0.25, -0.2) is 0 Å². The van der Waals surface area contributed by atoms with Crippen LogP contribution in [0.4, 0.5) is 0 Å². The first-order valence-corrected chi connectivity index (χ1v) is 6.22. The van der Waals surface area contributed by atoms with Crippen LogP contribution in [0.15, 0.2) is 28.8 Å². The number of nitrogens with one attached hydrogen (secondary N) is 1. The van der Waals surface area contributed by atoms with Gasteiger partial charge in [0.1, 0.15) is 0 Å². The van der Waals surface area contributed by atoms with Gasteiger partial charge in [0, 0.05) is 25.2 Å². The maximum Gasteiger partial charge on any atom is 0.0512 e. The van der Waals surface area contributed by atoms with E-state index in [-0.39, 0.29) is 0 Å². The van der Waals surface area contributed by atoms with Crippen LogP contribution in [0.1, 0.15) is 13.8 Å². The van der Waals surface area contributed by atoms with Crippen molar-refractivity contribution in [2.45, 2.75) is 13.8 Å². The summed E-state index contributed by atoms with van der Waals surface area (Å²) in [4.78, 5) is 6.55. The lowest BCUT2D eigenvalue weighted by atomic mass is 10.1. The molecule has 0 aliphatic rings. The highest BCUT2D eigenvalue weighted by atomic mass is 15.1. The molecular weight excluding hydrogens is 210 g/mol. The highest BCUT2D eigenvalue weighted by Gasteiger charge is 1.93. The van der Waals surface area contributed by atoms with Crippen molar-refractivity contribution in [2.75, 3.05) is 40.8 Å². The van der Waals surface area contributed by atoms with Crippen LogP contribution in [0.25, 0.3) is 0 Å². The first-order valence-electron chi connectivity index (χ1n) is 6.22. The summed E-state index contributed by atoms with van der Waals surface area (Å²) in [6.07, 6.45) is 8.50. The van der Waals surface area contributed by atoms with E-state index in [9.17, 15) is 0 Å². The van der Waals surface area contributed by atoms with Crippen molar-refractivity contribution in [3.8, 4) is 0 Å². The van der Waals surface area contributed by atoms with Gasteiger partial charge in [0.2, 0.25) is 0 Å². The molecule has 3 heteroatoms. The molecule has 0 aromatic carbocycles. The van der Waals surface area contributed by atoms with Gasteiger partial charge >= 0.3 is 0 Å². The molecule has 0 bridgehead atoms. The Morgan fingerprint density at radius 1 is 1.41 bits per heavy atom. The fourth-order valence-corrected chi connectivity index (χ4v) is 1.28. The lowest BCUT2D eigenvalue weighted by Gasteiger charge is -2.06. The summed E-state index contributed by atoms with van der Waals surface area (Å²) in [7, 11) is 6.09. The van der Waals surface area contributed by atoms with Crippen LogP contribution in [-0.2, 0) is 0 Å². The molecule has 0 spiro atoms. The topological polar surface area (TPSA) is 27.6 Å². The number of likely N-dealkylation sites (N-methyl/N-ethyl adjacent to an activating group) is 2. The van der Waals surface area contributed by atoms with Crippen LogP contribution in [-0.4, -0.2) is 51.9 Å². The van der Waals surface area contributed by atoms with Crippen molar-refractivity contribution in [3.05, 3.63) is 23.8 Å². The zero-order valence-corrected chi connectivity index (χ0v) is 11.9. The molecule has 17 heavy (non-hydrogen) atoms. The van der Waals surface area contributed by atoms with Crippen molar-refractivity contribution in [3.63, 3.8) is 0 Å². The number of rotatable bonds is 8. The van der Waals surface area contributed by atoms with Crippen molar-refractivity contribution in [2.24, 2.45) is 10.9 Å². The Labute approximate surface area is 106 Å². The predicted octanol–water partition coefficient (Wildman–Crippen LogP) is 1.98. The Bertz CT molecular complexity index is 265. The predicted molar refractivity (Wildman–Crippen MR) is 77.9 cm³/mol. The summed E-state index contributed by atoms with van der Waals surface area (Å²) in [5, 5.41) is 3.15. The van der Waals surface area contributed by atoms with E-state index in [1.807, 2.05) is 13.3 Å². The minimum Gasteiger partial charge on any atom is -0.316 e. The lowest BCUT2D eigenvalue weighted by Crippen LogP contribution is -2.15. The third kappa shape index (κ3) is 9.97. The average Bonchev–Trinajstić information content (AvgIpc) is 2.29. The molecule has 1 unspecified atom stereocenters. The molecule has 0 rings (SSSR count). The number of hydrogen-bond donors (Lipinski definition) is 1. The van der Waals surface area contributed by atoms with E-state index in [1.54, 1.807) is 0 Å². The highest BCUT2D eigenvalue weighted by molar-refractivity contribution is 5.62. The minimum atomic E-state index is 0.393. The quantitative estimate of drug-likeness (QED) is 0.516. The molecule has 0 saturated carbocycles. The molecule has 3 nitrogen and oxygen atoms in total. The zero-order chi connectivity index (χ0) is 13.1. The SMILES string of the molecule is C/C=C(\C=C/C(C)C=NCCN(C)C)CNC. The summed E-state index contributed by atoms with van der Waals surface area (Å²) in [5.41, 5.74) is 1.31. The second-order valence-corrected chi connectivity index (χ2v) is 4.47. The third-order valence-corrected chi connectivity index (χ3v) is 2.38.